The maximum atomic E-state index is 12.2. The summed E-state index contributed by atoms with van der Waals surface area (Å²) in [6.45, 7) is 1.59. The molecule has 1 aliphatic heterocycles. The fourth-order valence-corrected chi connectivity index (χ4v) is 3.57. The summed E-state index contributed by atoms with van der Waals surface area (Å²) < 4.78 is 27.0. The lowest BCUT2D eigenvalue weighted by atomic mass is 10.0. The Hall–Kier alpha value is -0.960. The van der Waals surface area contributed by atoms with Crippen LogP contribution in [0.15, 0.2) is 11.2 Å². The zero-order chi connectivity index (χ0) is 13.9. The Balaban J connectivity index is 2.01. The van der Waals surface area contributed by atoms with E-state index in [0.717, 1.165) is 19.4 Å². The van der Waals surface area contributed by atoms with Crippen molar-refractivity contribution in [2.75, 3.05) is 20.1 Å². The molecule has 7 nitrogen and oxygen atoms in total. The maximum absolute atomic E-state index is 12.2. The van der Waals surface area contributed by atoms with E-state index in [4.69, 9.17) is 5.73 Å². The first kappa shape index (κ1) is 14.4. The highest BCUT2D eigenvalue weighted by molar-refractivity contribution is 7.89. The van der Waals surface area contributed by atoms with Crippen LogP contribution in [0, 0.1) is 0 Å². The van der Waals surface area contributed by atoms with Crippen LogP contribution in [0.1, 0.15) is 24.8 Å². The molecule has 0 aliphatic carbocycles. The molecule has 108 valence electrons. The van der Waals surface area contributed by atoms with E-state index in [0.29, 0.717) is 12.1 Å². The van der Waals surface area contributed by atoms with Crippen molar-refractivity contribution in [2.45, 2.75) is 36.9 Å². The highest BCUT2D eigenvalue weighted by Gasteiger charge is 2.24. The molecule has 1 saturated heterocycles. The summed E-state index contributed by atoms with van der Waals surface area (Å²) in [4.78, 5) is 2.20. The van der Waals surface area contributed by atoms with Crippen molar-refractivity contribution < 1.29 is 8.42 Å². The lowest BCUT2D eigenvalue weighted by Crippen LogP contribution is -2.44. The van der Waals surface area contributed by atoms with Gasteiger partial charge in [0.05, 0.1) is 6.20 Å². The summed E-state index contributed by atoms with van der Waals surface area (Å²) >= 11 is 0. The van der Waals surface area contributed by atoms with Crippen molar-refractivity contribution in [1.82, 2.24) is 19.8 Å². The number of hydrogen-bond acceptors (Lipinski definition) is 5. The van der Waals surface area contributed by atoms with E-state index in [2.05, 4.69) is 19.8 Å². The molecule has 8 heteroatoms. The first-order valence-corrected chi connectivity index (χ1v) is 7.95. The van der Waals surface area contributed by atoms with Crippen LogP contribution in [-0.2, 0) is 16.6 Å². The molecule has 1 aromatic rings. The minimum atomic E-state index is -3.56. The van der Waals surface area contributed by atoms with Crippen molar-refractivity contribution in [1.29, 1.82) is 0 Å². The molecule has 1 atom stereocenters. The maximum Gasteiger partial charge on any atom is 0.257 e. The molecular formula is C11H21N5O2S. The molecule has 19 heavy (non-hydrogen) atoms. The number of nitrogens with zero attached hydrogens (tertiary/aromatic N) is 2. The van der Waals surface area contributed by atoms with Crippen molar-refractivity contribution in [3.8, 4) is 0 Å². The third kappa shape index (κ3) is 3.33. The van der Waals surface area contributed by atoms with Gasteiger partial charge >= 0.3 is 0 Å². The number of piperidine rings is 1. The number of aromatic nitrogens is 2. The van der Waals surface area contributed by atoms with Gasteiger partial charge in [0.25, 0.3) is 10.0 Å². The monoisotopic (exact) mass is 287 g/mol. The lowest BCUT2D eigenvalue weighted by Gasteiger charge is -2.32. The molecule has 1 aliphatic rings. The van der Waals surface area contributed by atoms with E-state index in [-0.39, 0.29) is 17.6 Å². The van der Waals surface area contributed by atoms with Crippen molar-refractivity contribution >= 4 is 10.0 Å². The van der Waals surface area contributed by atoms with Crippen LogP contribution in [-0.4, -0.2) is 49.7 Å². The van der Waals surface area contributed by atoms with E-state index in [1.54, 1.807) is 0 Å². The van der Waals surface area contributed by atoms with Crippen LogP contribution in [0.2, 0.25) is 0 Å². The third-order valence-corrected chi connectivity index (χ3v) is 5.03. The Kier molecular flexibility index (Phi) is 4.56. The van der Waals surface area contributed by atoms with Gasteiger partial charge in [0.15, 0.2) is 5.03 Å². The van der Waals surface area contributed by atoms with Gasteiger partial charge in [-0.15, -0.1) is 0 Å². The minimum Gasteiger partial charge on any atom is -0.326 e. The molecule has 0 aromatic carbocycles. The molecule has 1 aromatic heterocycles. The van der Waals surface area contributed by atoms with Gasteiger partial charge in [-0.3, -0.25) is 5.10 Å². The van der Waals surface area contributed by atoms with Crippen molar-refractivity contribution in [3.63, 3.8) is 0 Å². The predicted octanol–water partition coefficient (Wildman–Crippen LogP) is -0.369. The minimum absolute atomic E-state index is 0.0773. The Morgan fingerprint density at radius 1 is 1.58 bits per heavy atom. The fourth-order valence-electron chi connectivity index (χ4n) is 2.36. The second-order valence-electron chi connectivity index (χ2n) is 4.91. The second kappa shape index (κ2) is 6.00. The molecular weight excluding hydrogens is 266 g/mol. The zero-order valence-electron chi connectivity index (χ0n) is 11.1. The van der Waals surface area contributed by atoms with Crippen LogP contribution in [0.3, 0.4) is 0 Å². The highest BCUT2D eigenvalue weighted by atomic mass is 32.2. The standard InChI is InChI=1S/C11H21N5O2S/c1-16-5-3-2-4-10(16)8-14-19(17,18)11-9(6-12)7-13-15-11/h7,10,14H,2-6,8,12H2,1H3,(H,13,15). The number of nitrogens with two attached hydrogens (primary N) is 1. The van der Waals surface area contributed by atoms with E-state index < -0.39 is 10.0 Å². The molecule has 0 spiro atoms. The third-order valence-electron chi connectivity index (χ3n) is 3.60. The highest BCUT2D eigenvalue weighted by Crippen LogP contribution is 2.16. The van der Waals surface area contributed by atoms with E-state index in [1.165, 1.54) is 12.6 Å². The molecule has 4 N–H and O–H groups in total. The lowest BCUT2D eigenvalue weighted by molar-refractivity contribution is 0.187. The van der Waals surface area contributed by atoms with Gasteiger partial charge in [0.2, 0.25) is 0 Å². The molecule has 2 heterocycles. The summed E-state index contributed by atoms with van der Waals surface area (Å²) in [7, 11) is -1.53. The Morgan fingerprint density at radius 3 is 3.05 bits per heavy atom. The first-order valence-electron chi connectivity index (χ1n) is 6.47. The predicted molar refractivity (Wildman–Crippen MR) is 71.9 cm³/mol. The topological polar surface area (TPSA) is 104 Å². The smallest absolute Gasteiger partial charge is 0.257 e. The van der Waals surface area contributed by atoms with Crippen LogP contribution >= 0.6 is 0 Å². The van der Waals surface area contributed by atoms with Crippen LogP contribution < -0.4 is 10.5 Å². The summed E-state index contributed by atoms with van der Waals surface area (Å²) in [5.74, 6) is 0. The number of rotatable bonds is 5. The van der Waals surface area contributed by atoms with Gasteiger partial charge in [0.1, 0.15) is 0 Å². The van der Waals surface area contributed by atoms with Crippen LogP contribution in [0.5, 0.6) is 0 Å². The molecule has 1 unspecified atom stereocenters. The van der Waals surface area contributed by atoms with Crippen molar-refractivity contribution in [3.05, 3.63) is 11.8 Å². The van der Waals surface area contributed by atoms with Gasteiger partial charge < -0.3 is 10.6 Å². The molecule has 2 rings (SSSR count). The molecule has 1 fully saturated rings. The van der Waals surface area contributed by atoms with Gasteiger partial charge in [-0.1, -0.05) is 6.42 Å². The van der Waals surface area contributed by atoms with Gasteiger partial charge in [-0.2, -0.15) is 5.10 Å². The number of hydrogen-bond donors (Lipinski definition) is 3. The Bertz CT molecular complexity index is 513. The second-order valence-corrected chi connectivity index (χ2v) is 6.61. The molecule has 0 radical (unpaired) electrons. The van der Waals surface area contributed by atoms with Crippen LogP contribution in [0.25, 0.3) is 0 Å². The van der Waals surface area contributed by atoms with Crippen molar-refractivity contribution in [2.24, 2.45) is 5.73 Å². The van der Waals surface area contributed by atoms with E-state index in [1.807, 2.05) is 7.05 Å². The van der Waals surface area contributed by atoms with Gasteiger partial charge in [0, 0.05) is 24.7 Å². The average Bonchev–Trinajstić information content (AvgIpc) is 2.87. The van der Waals surface area contributed by atoms with Gasteiger partial charge in [-0.05, 0) is 26.4 Å². The quantitative estimate of drug-likeness (QED) is 0.685. The zero-order valence-corrected chi connectivity index (χ0v) is 11.9. The van der Waals surface area contributed by atoms with Crippen LogP contribution in [0.4, 0.5) is 0 Å². The molecule has 0 amide bonds. The number of H-pyrrole nitrogens is 1. The van der Waals surface area contributed by atoms with E-state index in [9.17, 15) is 8.42 Å². The Morgan fingerprint density at radius 2 is 2.37 bits per heavy atom. The summed E-state index contributed by atoms with van der Waals surface area (Å²) in [5, 5.41) is 6.31. The number of nitrogens with one attached hydrogen (secondary N) is 2. The summed E-state index contributed by atoms with van der Waals surface area (Å²) in [5.41, 5.74) is 6.00. The summed E-state index contributed by atoms with van der Waals surface area (Å²) in [6, 6.07) is 0.257. The fraction of sp³-hybridized carbons (Fsp3) is 0.727. The molecule has 0 bridgehead atoms. The Labute approximate surface area is 113 Å². The van der Waals surface area contributed by atoms with E-state index >= 15 is 0 Å². The number of likely N-dealkylation sites (tertiary alicyclic amines) is 1. The largest absolute Gasteiger partial charge is 0.326 e. The van der Waals surface area contributed by atoms with Gasteiger partial charge in [-0.25, -0.2) is 13.1 Å². The number of aromatic amines is 1. The molecule has 0 saturated carbocycles. The number of likely N-dealkylation sites (N-methyl/N-ethyl adjacent to an activating group) is 1. The normalized spacial score (nSPS) is 21.7. The first-order chi connectivity index (χ1) is 9.04. The number of sulfonamides is 1. The average molecular weight is 287 g/mol. The SMILES string of the molecule is CN1CCCCC1CNS(=O)(=O)c1[nH]ncc1CN. The summed E-state index contributed by atoms with van der Waals surface area (Å²) in [6.07, 6.45) is 4.79.